The Kier molecular flexibility index (Phi) is 8.91. The first kappa shape index (κ1) is 24.6. The van der Waals surface area contributed by atoms with Crippen molar-refractivity contribution in [3.8, 4) is 0 Å². The molecule has 7 heteroatoms. The molecular weight excluding hydrogens is 435 g/mol. The highest BCUT2D eigenvalue weighted by Gasteiger charge is 2.25. The molecule has 0 saturated carbocycles. The fourth-order valence-electron chi connectivity index (χ4n) is 3.47. The number of hydrogen-bond acceptors (Lipinski definition) is 4. The number of benzene rings is 3. The predicted molar refractivity (Wildman–Crippen MR) is 127 cm³/mol. The first-order chi connectivity index (χ1) is 16.4. The molecular formula is C27H27FN2O4. The molecule has 176 valence electrons. The zero-order valence-electron chi connectivity index (χ0n) is 18.9. The molecule has 0 fully saturated rings. The highest BCUT2D eigenvalue weighted by Crippen LogP contribution is 2.09. The molecule has 0 bridgehead atoms. The quantitative estimate of drug-likeness (QED) is 0.452. The summed E-state index contributed by atoms with van der Waals surface area (Å²) in [6.07, 6.45) is 0.603. The molecule has 0 saturated heterocycles. The summed E-state index contributed by atoms with van der Waals surface area (Å²) in [6.45, 7) is 1.30. The van der Waals surface area contributed by atoms with E-state index in [0.717, 1.165) is 5.56 Å². The molecule has 3 rings (SSSR count). The number of carbonyl (C=O) groups is 3. The van der Waals surface area contributed by atoms with Crippen LogP contribution in [0.2, 0.25) is 0 Å². The Balaban J connectivity index is 1.78. The van der Waals surface area contributed by atoms with Gasteiger partial charge in [0.15, 0.2) is 0 Å². The second kappa shape index (κ2) is 12.3. The van der Waals surface area contributed by atoms with Gasteiger partial charge in [0.05, 0.1) is 6.04 Å². The van der Waals surface area contributed by atoms with Gasteiger partial charge in [0, 0.05) is 18.9 Å². The van der Waals surface area contributed by atoms with Crippen LogP contribution in [0.25, 0.3) is 0 Å². The van der Waals surface area contributed by atoms with E-state index in [1.54, 1.807) is 42.5 Å². The van der Waals surface area contributed by atoms with E-state index in [0.29, 0.717) is 17.5 Å². The van der Waals surface area contributed by atoms with Gasteiger partial charge >= 0.3 is 5.97 Å². The van der Waals surface area contributed by atoms with E-state index >= 15 is 0 Å². The van der Waals surface area contributed by atoms with Gasteiger partial charge in [-0.25, -0.2) is 4.39 Å². The molecule has 6 nitrogen and oxygen atoms in total. The second-order valence-electron chi connectivity index (χ2n) is 7.92. The van der Waals surface area contributed by atoms with E-state index in [2.05, 4.69) is 10.6 Å². The molecule has 2 atom stereocenters. The van der Waals surface area contributed by atoms with Crippen molar-refractivity contribution in [1.29, 1.82) is 0 Å². The number of ether oxygens (including phenoxy) is 1. The Hall–Kier alpha value is -4.00. The summed E-state index contributed by atoms with van der Waals surface area (Å²) in [6, 6.07) is 22.4. The number of hydrogen-bond donors (Lipinski definition) is 2. The highest BCUT2D eigenvalue weighted by molar-refractivity contribution is 5.97. The summed E-state index contributed by atoms with van der Waals surface area (Å²) >= 11 is 0. The summed E-state index contributed by atoms with van der Waals surface area (Å²) in [5.41, 5.74) is 2.07. The van der Waals surface area contributed by atoms with Gasteiger partial charge in [-0.15, -0.1) is 0 Å². The number of halogens is 1. The molecule has 0 heterocycles. The molecule has 34 heavy (non-hydrogen) atoms. The van der Waals surface area contributed by atoms with E-state index in [1.807, 2.05) is 30.3 Å². The summed E-state index contributed by atoms with van der Waals surface area (Å²) in [7, 11) is 0. The molecule has 0 spiro atoms. The van der Waals surface area contributed by atoms with E-state index in [1.165, 1.54) is 19.1 Å². The standard InChI is InChI=1S/C27H27FN2O4/c1-19(31)34-18-24(16-20-8-4-2-5-9-20)29-27(33)25(17-21-12-14-23(28)15-13-21)30-26(32)22-10-6-3-7-11-22/h2-15,24-25H,16-18H2,1H3,(H,29,33)(H,30,32)/t24-,25-/m0/s1. The van der Waals surface area contributed by atoms with Gasteiger partial charge in [-0.2, -0.15) is 0 Å². The maximum Gasteiger partial charge on any atom is 0.302 e. The van der Waals surface area contributed by atoms with Gasteiger partial charge in [0.1, 0.15) is 18.5 Å². The molecule has 0 radical (unpaired) electrons. The molecule has 0 aromatic heterocycles. The molecule has 0 unspecified atom stereocenters. The van der Waals surface area contributed by atoms with Crippen LogP contribution in [0.5, 0.6) is 0 Å². The van der Waals surface area contributed by atoms with Crippen molar-refractivity contribution in [1.82, 2.24) is 10.6 Å². The van der Waals surface area contributed by atoms with E-state index in [4.69, 9.17) is 4.74 Å². The van der Waals surface area contributed by atoms with Crippen LogP contribution in [0, 0.1) is 5.82 Å². The van der Waals surface area contributed by atoms with Crippen LogP contribution in [-0.4, -0.2) is 36.5 Å². The SMILES string of the molecule is CC(=O)OC[C@H](Cc1ccccc1)NC(=O)[C@H](Cc1ccc(F)cc1)NC(=O)c1ccccc1. The Bertz CT molecular complexity index is 1090. The summed E-state index contributed by atoms with van der Waals surface area (Å²) in [4.78, 5) is 37.4. The van der Waals surface area contributed by atoms with Crippen LogP contribution >= 0.6 is 0 Å². The number of esters is 1. The normalized spacial score (nSPS) is 12.3. The fourth-order valence-corrected chi connectivity index (χ4v) is 3.47. The van der Waals surface area contributed by atoms with Crippen LogP contribution in [0.3, 0.4) is 0 Å². The minimum Gasteiger partial charge on any atom is -0.464 e. The average molecular weight is 463 g/mol. The van der Waals surface area contributed by atoms with Crippen LogP contribution in [0.4, 0.5) is 4.39 Å². The monoisotopic (exact) mass is 462 g/mol. The minimum atomic E-state index is -0.922. The van der Waals surface area contributed by atoms with Crippen molar-refractivity contribution in [3.63, 3.8) is 0 Å². The number of rotatable bonds is 10. The zero-order valence-corrected chi connectivity index (χ0v) is 18.9. The van der Waals surface area contributed by atoms with Crippen molar-refractivity contribution in [2.75, 3.05) is 6.61 Å². The van der Waals surface area contributed by atoms with Crippen LogP contribution < -0.4 is 10.6 Å². The van der Waals surface area contributed by atoms with Crippen LogP contribution in [0.15, 0.2) is 84.9 Å². The smallest absolute Gasteiger partial charge is 0.302 e. The lowest BCUT2D eigenvalue weighted by Gasteiger charge is -2.24. The van der Waals surface area contributed by atoms with Crippen molar-refractivity contribution in [3.05, 3.63) is 107 Å². The third kappa shape index (κ3) is 7.85. The molecule has 2 N–H and O–H groups in total. The molecule has 0 aliphatic heterocycles. The maximum atomic E-state index is 13.4. The fraction of sp³-hybridized carbons (Fsp3) is 0.222. The third-order valence-corrected chi connectivity index (χ3v) is 5.17. The van der Waals surface area contributed by atoms with Crippen LogP contribution in [-0.2, 0) is 27.2 Å². The number of amides is 2. The number of carbonyl (C=O) groups excluding carboxylic acids is 3. The van der Waals surface area contributed by atoms with Gasteiger partial charge in [0.2, 0.25) is 5.91 Å². The lowest BCUT2D eigenvalue weighted by atomic mass is 10.0. The van der Waals surface area contributed by atoms with E-state index in [9.17, 15) is 18.8 Å². The zero-order chi connectivity index (χ0) is 24.3. The molecule has 0 aliphatic carbocycles. The summed E-state index contributed by atoms with van der Waals surface area (Å²) < 4.78 is 18.5. The van der Waals surface area contributed by atoms with Gasteiger partial charge in [-0.05, 0) is 41.8 Å². The second-order valence-corrected chi connectivity index (χ2v) is 7.92. The van der Waals surface area contributed by atoms with Gasteiger partial charge in [-0.1, -0.05) is 60.7 Å². The third-order valence-electron chi connectivity index (χ3n) is 5.17. The van der Waals surface area contributed by atoms with Gasteiger partial charge in [0.25, 0.3) is 5.91 Å². The average Bonchev–Trinajstić information content (AvgIpc) is 2.84. The maximum absolute atomic E-state index is 13.4. The lowest BCUT2D eigenvalue weighted by molar-refractivity contribution is -0.142. The molecule has 3 aromatic rings. The Labute approximate surface area is 198 Å². The Morgan fingerprint density at radius 2 is 1.38 bits per heavy atom. The van der Waals surface area contributed by atoms with Crippen molar-refractivity contribution in [2.45, 2.75) is 31.8 Å². The molecule has 3 aromatic carbocycles. The lowest BCUT2D eigenvalue weighted by Crippen LogP contribution is -2.52. The molecule has 0 aliphatic rings. The first-order valence-corrected chi connectivity index (χ1v) is 11.0. The van der Waals surface area contributed by atoms with Crippen LogP contribution in [0.1, 0.15) is 28.4 Å². The summed E-state index contributed by atoms with van der Waals surface area (Å²) in [5.74, 6) is -1.67. The summed E-state index contributed by atoms with van der Waals surface area (Å²) in [5, 5.41) is 5.68. The van der Waals surface area contributed by atoms with Gasteiger partial charge in [-0.3, -0.25) is 14.4 Å². The largest absolute Gasteiger partial charge is 0.464 e. The Morgan fingerprint density at radius 3 is 2.00 bits per heavy atom. The number of nitrogens with one attached hydrogen (secondary N) is 2. The topological polar surface area (TPSA) is 84.5 Å². The minimum absolute atomic E-state index is 0.00807. The van der Waals surface area contributed by atoms with E-state index < -0.39 is 29.9 Å². The van der Waals surface area contributed by atoms with Crippen molar-refractivity contribution >= 4 is 17.8 Å². The van der Waals surface area contributed by atoms with Crippen molar-refractivity contribution in [2.24, 2.45) is 0 Å². The Morgan fingerprint density at radius 1 is 0.794 bits per heavy atom. The van der Waals surface area contributed by atoms with Gasteiger partial charge < -0.3 is 15.4 Å². The highest BCUT2D eigenvalue weighted by atomic mass is 19.1. The first-order valence-electron chi connectivity index (χ1n) is 11.0. The van der Waals surface area contributed by atoms with Crippen molar-refractivity contribution < 1.29 is 23.5 Å². The molecule has 2 amide bonds. The van der Waals surface area contributed by atoms with E-state index in [-0.39, 0.29) is 18.8 Å². The predicted octanol–water partition coefficient (Wildman–Crippen LogP) is 3.46.